The summed E-state index contributed by atoms with van der Waals surface area (Å²) in [4.78, 5) is 34.4. The van der Waals surface area contributed by atoms with E-state index in [9.17, 15) is 22.8 Å². The third-order valence-corrected chi connectivity index (χ3v) is 6.71. The number of fused-ring (bicyclic) bond motifs is 1. The van der Waals surface area contributed by atoms with Crippen molar-refractivity contribution < 1.29 is 22.7 Å². The van der Waals surface area contributed by atoms with Crippen molar-refractivity contribution in [2.45, 2.75) is 71.4 Å². The van der Waals surface area contributed by atoms with Crippen LogP contribution in [0.3, 0.4) is 0 Å². The van der Waals surface area contributed by atoms with Gasteiger partial charge in [-0.1, -0.05) is 20.8 Å². The van der Waals surface area contributed by atoms with Gasteiger partial charge in [-0.3, -0.25) is 9.59 Å². The highest BCUT2D eigenvalue weighted by Gasteiger charge is 2.36. The summed E-state index contributed by atoms with van der Waals surface area (Å²) in [5.41, 5.74) is -0.276. The van der Waals surface area contributed by atoms with Crippen molar-refractivity contribution in [1.29, 1.82) is 0 Å². The molecule has 0 bridgehead atoms. The number of ether oxygens (including phenoxy) is 1. The monoisotopic (exact) mass is 530 g/mol. The van der Waals surface area contributed by atoms with E-state index in [0.717, 1.165) is 6.07 Å². The van der Waals surface area contributed by atoms with Gasteiger partial charge in [-0.05, 0) is 62.2 Å². The molecule has 3 unspecified atom stereocenters. The van der Waals surface area contributed by atoms with Crippen LogP contribution in [-0.2, 0) is 10.9 Å². The number of benzene rings is 2. The van der Waals surface area contributed by atoms with Crippen molar-refractivity contribution in [2.24, 2.45) is 0 Å². The first kappa shape index (κ1) is 27.6. The predicted octanol–water partition coefficient (Wildman–Crippen LogP) is 5.88. The molecule has 1 aliphatic rings. The Labute approximate surface area is 219 Å². The summed E-state index contributed by atoms with van der Waals surface area (Å²) < 4.78 is 48.2. The summed E-state index contributed by atoms with van der Waals surface area (Å²) in [7, 11) is 0. The molecule has 1 fully saturated rings. The number of morpholine rings is 1. The van der Waals surface area contributed by atoms with E-state index in [1.807, 2.05) is 13.8 Å². The normalized spacial score (nSPS) is 19.1. The highest BCUT2D eigenvalue weighted by molar-refractivity contribution is 5.94. The Bertz CT molecular complexity index is 1360. The van der Waals surface area contributed by atoms with Crippen LogP contribution in [0.1, 0.15) is 80.3 Å². The lowest BCUT2D eigenvalue weighted by Crippen LogP contribution is -2.48. The average molecular weight is 531 g/mol. The predicted molar refractivity (Wildman–Crippen MR) is 140 cm³/mol. The van der Waals surface area contributed by atoms with Crippen LogP contribution >= 0.6 is 0 Å². The van der Waals surface area contributed by atoms with Crippen LogP contribution in [0.15, 0.2) is 41.2 Å². The summed E-state index contributed by atoms with van der Waals surface area (Å²) >= 11 is 0. The maximum Gasteiger partial charge on any atom is 0.416 e. The second-order valence-electron chi connectivity index (χ2n) is 10.2. The van der Waals surface area contributed by atoms with Gasteiger partial charge < -0.3 is 19.9 Å². The third kappa shape index (κ3) is 5.85. The number of carbonyl (C=O) groups is 1. The van der Waals surface area contributed by atoms with E-state index in [2.05, 4.69) is 15.3 Å². The smallest absolute Gasteiger partial charge is 0.378 e. The quantitative estimate of drug-likeness (QED) is 0.416. The molecule has 1 aliphatic heterocycles. The Kier molecular flexibility index (Phi) is 7.83. The molecule has 2 N–H and O–H groups in total. The van der Waals surface area contributed by atoms with Gasteiger partial charge in [0.05, 0.1) is 34.7 Å². The fourth-order valence-corrected chi connectivity index (χ4v) is 4.86. The van der Waals surface area contributed by atoms with Gasteiger partial charge in [0.25, 0.3) is 11.5 Å². The van der Waals surface area contributed by atoms with Crippen LogP contribution in [0.2, 0.25) is 0 Å². The Morgan fingerprint density at radius 1 is 1.16 bits per heavy atom. The number of nitrogens with zero attached hydrogens (tertiary/aromatic N) is 2. The van der Waals surface area contributed by atoms with Crippen molar-refractivity contribution in [1.82, 2.24) is 14.9 Å². The van der Waals surface area contributed by atoms with Crippen LogP contribution in [0, 0.1) is 0 Å². The summed E-state index contributed by atoms with van der Waals surface area (Å²) in [5, 5.41) is 3.26. The first-order valence-corrected chi connectivity index (χ1v) is 12.8. The molecule has 1 saturated heterocycles. The van der Waals surface area contributed by atoms with Gasteiger partial charge in [0.2, 0.25) is 0 Å². The molecule has 204 valence electrons. The molecule has 1 aromatic heterocycles. The number of hydrogen-bond donors (Lipinski definition) is 2. The lowest BCUT2D eigenvalue weighted by atomic mass is 9.95. The molecule has 0 aliphatic carbocycles. The molecule has 10 heteroatoms. The Morgan fingerprint density at radius 3 is 2.34 bits per heavy atom. The number of aromatic amines is 1. The van der Waals surface area contributed by atoms with E-state index in [-0.39, 0.29) is 40.5 Å². The molecule has 2 aromatic carbocycles. The summed E-state index contributed by atoms with van der Waals surface area (Å²) in [6.07, 6.45) is -4.42. The summed E-state index contributed by atoms with van der Waals surface area (Å²) in [6.45, 7) is 10.2. The van der Waals surface area contributed by atoms with E-state index >= 15 is 0 Å². The maximum atomic E-state index is 14.2. The second kappa shape index (κ2) is 10.8. The van der Waals surface area contributed by atoms with Crippen LogP contribution in [0.4, 0.5) is 18.9 Å². The van der Waals surface area contributed by atoms with Crippen LogP contribution < -0.4 is 10.9 Å². The molecule has 0 saturated carbocycles. The number of rotatable bonds is 6. The summed E-state index contributed by atoms with van der Waals surface area (Å²) in [5.74, 6) is 0.0761. The SMILES string of the molecule is CCC(Nc1ccc(C(=O)N2CC(C)OC(C)C2)cc1)c1cc2c(=O)[nH]c(C(C)C)nc2cc1C(F)(F)F. The molecule has 3 aromatic rings. The number of carbonyl (C=O) groups excluding carboxylic acids is 1. The Morgan fingerprint density at radius 2 is 1.79 bits per heavy atom. The van der Waals surface area contributed by atoms with E-state index in [1.165, 1.54) is 6.07 Å². The first-order valence-electron chi connectivity index (χ1n) is 12.8. The minimum absolute atomic E-state index is 0.0120. The molecule has 0 spiro atoms. The fraction of sp³-hybridized carbons (Fsp3) is 0.464. The lowest BCUT2D eigenvalue weighted by molar-refractivity contribution is -0.138. The van der Waals surface area contributed by atoms with Gasteiger partial charge in [-0.15, -0.1) is 0 Å². The number of aromatic nitrogens is 2. The van der Waals surface area contributed by atoms with Gasteiger partial charge in [0, 0.05) is 30.3 Å². The molecule has 38 heavy (non-hydrogen) atoms. The number of anilines is 1. The number of hydrogen-bond acceptors (Lipinski definition) is 5. The van der Waals surface area contributed by atoms with Crippen molar-refractivity contribution in [3.8, 4) is 0 Å². The Balaban J connectivity index is 1.64. The maximum absolute atomic E-state index is 14.2. The largest absolute Gasteiger partial charge is 0.416 e. The number of nitrogens with one attached hydrogen (secondary N) is 2. The van der Waals surface area contributed by atoms with Crippen molar-refractivity contribution in [2.75, 3.05) is 18.4 Å². The zero-order valence-corrected chi connectivity index (χ0v) is 22.1. The molecule has 7 nitrogen and oxygen atoms in total. The highest BCUT2D eigenvalue weighted by atomic mass is 19.4. The zero-order valence-electron chi connectivity index (χ0n) is 22.1. The topological polar surface area (TPSA) is 87.3 Å². The molecule has 4 rings (SSSR count). The minimum atomic E-state index is -4.64. The van der Waals surface area contributed by atoms with Crippen molar-refractivity contribution >= 4 is 22.5 Å². The minimum Gasteiger partial charge on any atom is -0.378 e. The van der Waals surface area contributed by atoms with Gasteiger partial charge in [-0.25, -0.2) is 4.98 Å². The van der Waals surface area contributed by atoms with Crippen LogP contribution in [0.5, 0.6) is 0 Å². The number of halogens is 3. The van der Waals surface area contributed by atoms with Crippen LogP contribution in [-0.4, -0.2) is 46.1 Å². The molecule has 1 amide bonds. The molecular formula is C28H33F3N4O3. The fourth-order valence-electron chi connectivity index (χ4n) is 4.86. The molecule has 2 heterocycles. The molecular weight excluding hydrogens is 497 g/mol. The van der Waals surface area contributed by atoms with E-state index in [4.69, 9.17) is 4.74 Å². The van der Waals surface area contributed by atoms with Crippen molar-refractivity contribution in [3.05, 3.63) is 69.3 Å². The van der Waals surface area contributed by atoms with E-state index in [1.54, 1.807) is 49.9 Å². The number of amides is 1. The molecule has 0 radical (unpaired) electrons. The zero-order chi connectivity index (χ0) is 27.8. The standard InChI is InChI=1S/C28H33F3N4O3/c1-6-23(32-19-9-7-18(8-10-19)27(37)35-13-16(4)38-17(5)14-35)20-11-21-24(12-22(20)28(29,30)31)33-25(15(2)3)34-26(21)36/h7-12,15-17,23,32H,6,13-14H2,1-5H3,(H,33,34,36). The van der Waals surface area contributed by atoms with Gasteiger partial charge >= 0.3 is 6.18 Å². The lowest BCUT2D eigenvalue weighted by Gasteiger charge is -2.35. The summed E-state index contributed by atoms with van der Waals surface area (Å²) in [6, 6.07) is 8.20. The number of alkyl halides is 3. The van der Waals surface area contributed by atoms with Gasteiger partial charge in [0.1, 0.15) is 5.82 Å². The van der Waals surface area contributed by atoms with Crippen molar-refractivity contribution in [3.63, 3.8) is 0 Å². The van der Waals surface area contributed by atoms with Gasteiger partial charge in [0.15, 0.2) is 0 Å². The number of H-pyrrole nitrogens is 1. The molecule has 3 atom stereocenters. The third-order valence-electron chi connectivity index (χ3n) is 6.71. The van der Waals surface area contributed by atoms with E-state index < -0.39 is 23.3 Å². The average Bonchev–Trinajstić information content (AvgIpc) is 2.85. The van der Waals surface area contributed by atoms with E-state index in [0.29, 0.717) is 36.6 Å². The van der Waals surface area contributed by atoms with Gasteiger partial charge in [-0.2, -0.15) is 13.2 Å². The first-order chi connectivity index (χ1) is 17.9. The highest BCUT2D eigenvalue weighted by Crippen LogP contribution is 2.38. The Hall–Kier alpha value is -3.40. The van der Waals surface area contributed by atoms with Crippen LogP contribution in [0.25, 0.3) is 10.9 Å². The second-order valence-corrected chi connectivity index (χ2v) is 10.2.